The summed E-state index contributed by atoms with van der Waals surface area (Å²) in [4.78, 5) is 2.45. The number of rotatable bonds is 3. The third kappa shape index (κ3) is 4.13. The Bertz CT molecular complexity index is 929. The van der Waals surface area contributed by atoms with E-state index >= 15 is 0 Å². The number of hydrogen-bond acceptors (Lipinski definition) is 4. The van der Waals surface area contributed by atoms with Crippen LogP contribution >= 0.6 is 31.9 Å². The summed E-state index contributed by atoms with van der Waals surface area (Å²) in [5.74, 6) is 0.702. The number of nitrogens with zero attached hydrogens (tertiary/aromatic N) is 1. The fourth-order valence-electron chi connectivity index (χ4n) is 4.62. The number of phenols is 1. The summed E-state index contributed by atoms with van der Waals surface area (Å²) in [6.45, 7) is 2.52. The maximum Gasteiger partial charge on any atom is 0.162 e. The van der Waals surface area contributed by atoms with Gasteiger partial charge in [0.2, 0.25) is 0 Å². The highest BCUT2D eigenvalue weighted by molar-refractivity contribution is 9.10. The lowest BCUT2D eigenvalue weighted by atomic mass is 9.70. The number of ether oxygens (including phenoxy) is 1. The fourth-order valence-corrected chi connectivity index (χ4v) is 5.49. The third-order valence-electron chi connectivity index (χ3n) is 6.06. The van der Waals surface area contributed by atoms with Gasteiger partial charge in [-0.3, -0.25) is 4.90 Å². The van der Waals surface area contributed by atoms with Gasteiger partial charge in [-0.05, 0) is 48.6 Å². The Morgan fingerprint density at radius 2 is 2.00 bits per heavy atom. The molecule has 0 saturated carbocycles. The molecule has 0 fully saturated rings. The van der Waals surface area contributed by atoms with Gasteiger partial charge in [0, 0.05) is 39.6 Å². The van der Waals surface area contributed by atoms with Crippen LogP contribution in [0.3, 0.4) is 0 Å². The molecule has 1 aliphatic heterocycles. The lowest BCUT2D eigenvalue weighted by molar-refractivity contribution is 0.165. The van der Waals surface area contributed by atoms with Crippen molar-refractivity contribution in [1.29, 1.82) is 0 Å². The fraction of sp³-hybridized carbons (Fsp3) is 0.391. The number of aliphatic hydroxyl groups is 1. The molecule has 0 amide bonds. The largest absolute Gasteiger partial charge is 0.504 e. The molecule has 154 valence electrons. The highest BCUT2D eigenvalue weighted by Crippen LogP contribution is 2.49. The van der Waals surface area contributed by atoms with E-state index in [1.54, 1.807) is 7.11 Å². The van der Waals surface area contributed by atoms with E-state index in [0.717, 1.165) is 52.5 Å². The lowest BCUT2D eigenvalue weighted by Gasteiger charge is -2.39. The number of halogens is 2. The van der Waals surface area contributed by atoms with E-state index in [-0.39, 0.29) is 11.2 Å². The van der Waals surface area contributed by atoms with Crippen molar-refractivity contribution >= 4 is 31.9 Å². The zero-order chi connectivity index (χ0) is 20.6. The van der Waals surface area contributed by atoms with Gasteiger partial charge in [0.05, 0.1) is 13.2 Å². The van der Waals surface area contributed by atoms with E-state index in [1.165, 1.54) is 5.56 Å². The second-order valence-corrected chi connectivity index (χ2v) is 9.74. The van der Waals surface area contributed by atoms with E-state index in [2.05, 4.69) is 67.1 Å². The second-order valence-electron chi connectivity index (χ2n) is 7.97. The molecule has 0 bridgehead atoms. The molecular formula is C23H25Br2NO3. The zero-order valence-electron chi connectivity index (χ0n) is 16.4. The van der Waals surface area contributed by atoms with Crippen LogP contribution in [0.25, 0.3) is 0 Å². The smallest absolute Gasteiger partial charge is 0.162 e. The van der Waals surface area contributed by atoms with Crippen molar-refractivity contribution in [2.75, 3.05) is 20.2 Å². The van der Waals surface area contributed by atoms with Gasteiger partial charge >= 0.3 is 0 Å². The molecule has 2 aliphatic rings. The Balaban J connectivity index is 1.77. The van der Waals surface area contributed by atoms with E-state index in [1.807, 2.05) is 12.1 Å². The standard InChI is InChI=1S/C23H25Br2NO3/c1-29-20-12-19(25)18-8-11-26(13-15-2-4-16(24)5-3-15)14-23(21(18)22(20)28)9-6-17(27)7-10-23/h2-6,9,12,17,27-28H,7-8,10-11,13-14H2,1H3/t17-,23?/m0/s1. The maximum absolute atomic E-state index is 11.1. The first-order chi connectivity index (χ1) is 13.9. The molecule has 6 heteroatoms. The average molecular weight is 523 g/mol. The summed E-state index contributed by atoms with van der Waals surface area (Å²) in [5, 5.41) is 21.2. The molecule has 0 aromatic heterocycles. The molecule has 2 N–H and O–H groups in total. The molecule has 0 radical (unpaired) electrons. The number of phenolic OH excluding ortho intramolecular Hbond substituents is 1. The van der Waals surface area contributed by atoms with Crippen molar-refractivity contribution in [3.63, 3.8) is 0 Å². The monoisotopic (exact) mass is 521 g/mol. The quantitative estimate of drug-likeness (QED) is 0.561. The summed E-state index contributed by atoms with van der Waals surface area (Å²) in [6, 6.07) is 10.3. The van der Waals surface area contributed by atoms with Crippen molar-refractivity contribution < 1.29 is 14.9 Å². The van der Waals surface area contributed by atoms with Gasteiger partial charge in [0.15, 0.2) is 11.5 Å². The number of fused-ring (bicyclic) bond motifs is 2. The van der Waals surface area contributed by atoms with Gasteiger partial charge in [-0.1, -0.05) is 56.1 Å². The highest BCUT2D eigenvalue weighted by atomic mass is 79.9. The zero-order valence-corrected chi connectivity index (χ0v) is 19.5. The molecular weight excluding hydrogens is 498 g/mol. The van der Waals surface area contributed by atoms with Crippen LogP contribution in [0.15, 0.2) is 51.4 Å². The summed E-state index contributed by atoms with van der Waals surface area (Å²) in [7, 11) is 1.58. The van der Waals surface area contributed by atoms with Gasteiger partial charge in [-0.15, -0.1) is 0 Å². The van der Waals surface area contributed by atoms with Crippen LogP contribution in [-0.2, 0) is 18.4 Å². The summed E-state index contributed by atoms with van der Waals surface area (Å²) in [5.41, 5.74) is 2.96. The summed E-state index contributed by atoms with van der Waals surface area (Å²) >= 11 is 7.21. The maximum atomic E-state index is 11.1. The number of hydrogen-bond donors (Lipinski definition) is 2. The van der Waals surface area contributed by atoms with E-state index in [4.69, 9.17) is 4.74 Å². The van der Waals surface area contributed by atoms with Crippen LogP contribution < -0.4 is 4.74 Å². The van der Waals surface area contributed by atoms with Crippen molar-refractivity contribution in [1.82, 2.24) is 4.90 Å². The summed E-state index contributed by atoms with van der Waals surface area (Å²) < 4.78 is 7.49. The van der Waals surface area contributed by atoms with Crippen LogP contribution in [-0.4, -0.2) is 41.4 Å². The first kappa shape index (κ1) is 20.9. The Hall–Kier alpha value is -1.34. The van der Waals surface area contributed by atoms with Crippen molar-refractivity contribution in [3.05, 3.63) is 68.1 Å². The van der Waals surface area contributed by atoms with E-state index < -0.39 is 6.10 Å². The van der Waals surface area contributed by atoms with E-state index in [9.17, 15) is 10.2 Å². The van der Waals surface area contributed by atoms with Crippen LogP contribution in [0.4, 0.5) is 0 Å². The normalized spacial score (nSPS) is 24.3. The Labute approximate surface area is 188 Å². The van der Waals surface area contributed by atoms with Crippen molar-refractivity contribution in [3.8, 4) is 11.5 Å². The number of benzene rings is 2. The van der Waals surface area contributed by atoms with Gasteiger partial charge in [0.1, 0.15) is 0 Å². The number of aromatic hydroxyl groups is 1. The molecule has 0 saturated heterocycles. The molecule has 1 aliphatic carbocycles. The summed E-state index contributed by atoms with van der Waals surface area (Å²) in [6.07, 6.45) is 5.85. The minimum atomic E-state index is -0.427. The molecule has 1 spiro atoms. The van der Waals surface area contributed by atoms with Gasteiger partial charge < -0.3 is 14.9 Å². The average Bonchev–Trinajstić information content (AvgIpc) is 2.86. The Morgan fingerprint density at radius 3 is 2.66 bits per heavy atom. The molecule has 29 heavy (non-hydrogen) atoms. The lowest BCUT2D eigenvalue weighted by Crippen LogP contribution is -2.40. The van der Waals surface area contributed by atoms with Crippen LogP contribution in [0.2, 0.25) is 0 Å². The molecule has 1 heterocycles. The number of methoxy groups -OCH3 is 1. The minimum Gasteiger partial charge on any atom is -0.504 e. The predicted molar refractivity (Wildman–Crippen MR) is 122 cm³/mol. The third-order valence-corrected chi connectivity index (χ3v) is 7.30. The Morgan fingerprint density at radius 1 is 1.24 bits per heavy atom. The van der Waals surface area contributed by atoms with Gasteiger partial charge in [-0.25, -0.2) is 0 Å². The Kier molecular flexibility index (Phi) is 6.07. The van der Waals surface area contributed by atoms with Crippen molar-refractivity contribution in [2.45, 2.75) is 37.3 Å². The van der Waals surface area contributed by atoms with Crippen LogP contribution in [0, 0.1) is 0 Å². The predicted octanol–water partition coefficient (Wildman–Crippen LogP) is 4.93. The van der Waals surface area contributed by atoms with E-state index in [0.29, 0.717) is 12.2 Å². The molecule has 4 rings (SSSR count). The molecule has 2 aromatic rings. The molecule has 2 aromatic carbocycles. The first-order valence-corrected chi connectivity index (χ1v) is 11.4. The second kappa shape index (κ2) is 8.42. The van der Waals surface area contributed by atoms with Gasteiger partial charge in [-0.2, -0.15) is 0 Å². The molecule has 2 atom stereocenters. The molecule has 4 nitrogen and oxygen atoms in total. The first-order valence-electron chi connectivity index (χ1n) is 9.85. The van der Waals surface area contributed by atoms with Crippen molar-refractivity contribution in [2.24, 2.45) is 0 Å². The highest BCUT2D eigenvalue weighted by Gasteiger charge is 2.41. The van der Waals surface area contributed by atoms with Gasteiger partial charge in [0.25, 0.3) is 0 Å². The topological polar surface area (TPSA) is 52.9 Å². The van der Waals surface area contributed by atoms with Crippen LogP contribution in [0.5, 0.6) is 11.5 Å². The molecule has 1 unspecified atom stereocenters. The SMILES string of the molecule is COc1cc(Br)c2c(c1O)C1(C=C[C@H](O)CC1)CN(Cc1ccc(Br)cc1)CC2. The minimum absolute atomic E-state index is 0.220. The van der Waals surface area contributed by atoms with Crippen LogP contribution in [0.1, 0.15) is 29.5 Å². The number of aliphatic hydroxyl groups excluding tert-OH is 1.